The van der Waals surface area contributed by atoms with Gasteiger partial charge in [0, 0.05) is 10.4 Å². The van der Waals surface area contributed by atoms with Crippen molar-refractivity contribution >= 4 is 39.0 Å². The topological polar surface area (TPSA) is 52.6 Å². The zero-order valence-electron chi connectivity index (χ0n) is 11.5. The van der Waals surface area contributed by atoms with E-state index in [0.717, 1.165) is 4.88 Å². The van der Waals surface area contributed by atoms with Crippen molar-refractivity contribution in [1.82, 2.24) is 0 Å². The molecular weight excluding hydrogens is 356 g/mol. The van der Waals surface area contributed by atoms with E-state index in [9.17, 15) is 9.59 Å². The van der Waals surface area contributed by atoms with E-state index in [4.69, 9.17) is 9.47 Å². The smallest absolute Gasteiger partial charge is 0.348 e. The molecule has 2 aromatic rings. The second-order valence-corrected chi connectivity index (χ2v) is 6.40. The summed E-state index contributed by atoms with van der Waals surface area (Å²) in [6, 6.07) is 8.49. The molecule has 0 aliphatic heterocycles. The van der Waals surface area contributed by atoms with Crippen LogP contribution < -0.4 is 4.74 Å². The third kappa shape index (κ3) is 3.92. The number of carbonyl (C=O) groups excluding carboxylic acids is 2. The van der Waals surface area contributed by atoms with Crippen molar-refractivity contribution in [2.45, 2.75) is 6.92 Å². The van der Waals surface area contributed by atoms with Gasteiger partial charge in [-0.15, -0.1) is 11.3 Å². The van der Waals surface area contributed by atoms with E-state index < -0.39 is 5.97 Å². The monoisotopic (exact) mass is 368 g/mol. The summed E-state index contributed by atoms with van der Waals surface area (Å²) in [6.07, 6.45) is 0. The molecule has 0 atom stereocenters. The van der Waals surface area contributed by atoms with Crippen LogP contribution in [0.3, 0.4) is 0 Å². The normalized spacial score (nSPS) is 10.2. The Bertz CT molecular complexity index is 678. The predicted octanol–water partition coefficient (Wildman–Crippen LogP) is 3.87. The van der Waals surface area contributed by atoms with Gasteiger partial charge in [-0.3, -0.25) is 4.79 Å². The molecule has 0 amide bonds. The molecule has 2 rings (SSSR count). The Hall–Kier alpha value is -1.66. The number of aryl methyl sites for hydroxylation is 1. The molecule has 0 N–H and O–H groups in total. The number of methoxy groups -OCH3 is 1. The summed E-state index contributed by atoms with van der Waals surface area (Å²) >= 11 is 4.65. The van der Waals surface area contributed by atoms with Crippen molar-refractivity contribution in [2.24, 2.45) is 0 Å². The molecule has 1 aromatic heterocycles. The van der Waals surface area contributed by atoms with Crippen molar-refractivity contribution in [3.8, 4) is 5.75 Å². The zero-order valence-corrected chi connectivity index (χ0v) is 13.9. The molecule has 6 heteroatoms. The minimum Gasteiger partial charge on any atom is -0.496 e. The van der Waals surface area contributed by atoms with E-state index in [1.165, 1.54) is 11.3 Å². The first kappa shape index (κ1) is 15.7. The SMILES string of the molecule is COc1ccc(C(=O)COC(=O)c2ccc(C)s2)cc1Br. The Morgan fingerprint density at radius 1 is 1.24 bits per heavy atom. The van der Waals surface area contributed by atoms with Gasteiger partial charge in [0.1, 0.15) is 10.6 Å². The summed E-state index contributed by atoms with van der Waals surface area (Å²) in [5.41, 5.74) is 0.456. The van der Waals surface area contributed by atoms with Gasteiger partial charge < -0.3 is 9.47 Å². The molecule has 0 radical (unpaired) electrons. The Balaban J connectivity index is 1.98. The number of hydrogen-bond donors (Lipinski definition) is 0. The zero-order chi connectivity index (χ0) is 15.4. The molecule has 0 fully saturated rings. The molecular formula is C15H13BrO4S. The fourth-order valence-corrected chi connectivity index (χ4v) is 2.97. The number of benzene rings is 1. The maximum Gasteiger partial charge on any atom is 0.348 e. The third-order valence-electron chi connectivity index (χ3n) is 2.75. The number of Topliss-reactive ketones (excluding diaryl/α,β-unsaturated/α-hetero) is 1. The van der Waals surface area contributed by atoms with Crippen LogP contribution in [0.2, 0.25) is 0 Å². The quantitative estimate of drug-likeness (QED) is 0.593. The van der Waals surface area contributed by atoms with Crippen LogP contribution in [0.1, 0.15) is 24.9 Å². The highest BCUT2D eigenvalue weighted by atomic mass is 79.9. The van der Waals surface area contributed by atoms with Gasteiger partial charge in [0.15, 0.2) is 12.4 Å². The van der Waals surface area contributed by atoms with E-state index in [1.54, 1.807) is 31.4 Å². The van der Waals surface area contributed by atoms with E-state index in [0.29, 0.717) is 20.7 Å². The van der Waals surface area contributed by atoms with Gasteiger partial charge >= 0.3 is 5.97 Å². The minimum absolute atomic E-state index is 0.264. The van der Waals surface area contributed by atoms with Crippen LogP contribution in [-0.4, -0.2) is 25.5 Å². The fraction of sp³-hybridized carbons (Fsp3) is 0.200. The average molecular weight is 369 g/mol. The first-order chi connectivity index (χ1) is 10.0. The van der Waals surface area contributed by atoms with Crippen LogP contribution >= 0.6 is 27.3 Å². The number of rotatable bonds is 5. The third-order valence-corrected chi connectivity index (χ3v) is 4.35. The fourth-order valence-electron chi connectivity index (χ4n) is 1.67. The van der Waals surface area contributed by atoms with Gasteiger partial charge in [0.25, 0.3) is 0 Å². The van der Waals surface area contributed by atoms with Gasteiger partial charge in [-0.2, -0.15) is 0 Å². The molecule has 0 saturated carbocycles. The Morgan fingerprint density at radius 2 is 2.00 bits per heavy atom. The molecule has 0 saturated heterocycles. The standard InChI is InChI=1S/C15H13BrO4S/c1-9-3-6-14(21-9)15(18)20-8-12(17)10-4-5-13(19-2)11(16)7-10/h3-7H,8H2,1-2H3. The van der Waals surface area contributed by atoms with E-state index in [1.807, 2.05) is 13.0 Å². The predicted molar refractivity (Wildman–Crippen MR) is 84.4 cm³/mol. The molecule has 1 aromatic carbocycles. The van der Waals surface area contributed by atoms with Crippen LogP contribution in [-0.2, 0) is 4.74 Å². The van der Waals surface area contributed by atoms with Gasteiger partial charge in [-0.25, -0.2) is 4.79 Å². The van der Waals surface area contributed by atoms with Crippen LogP contribution in [0.25, 0.3) is 0 Å². The number of hydrogen-bond acceptors (Lipinski definition) is 5. The molecule has 0 aliphatic carbocycles. The Kier molecular flexibility index (Phi) is 5.14. The van der Waals surface area contributed by atoms with Crippen LogP contribution in [0.4, 0.5) is 0 Å². The molecule has 4 nitrogen and oxygen atoms in total. The number of thiophene rings is 1. The number of esters is 1. The molecule has 1 heterocycles. The van der Waals surface area contributed by atoms with E-state index in [-0.39, 0.29) is 12.4 Å². The van der Waals surface area contributed by atoms with Gasteiger partial charge in [0.05, 0.1) is 11.6 Å². The molecule has 0 aliphatic rings. The number of ketones is 1. The van der Waals surface area contributed by atoms with Gasteiger partial charge in [-0.05, 0) is 53.2 Å². The van der Waals surface area contributed by atoms with Gasteiger partial charge in [0.2, 0.25) is 0 Å². The van der Waals surface area contributed by atoms with Crippen molar-refractivity contribution < 1.29 is 19.1 Å². The Morgan fingerprint density at radius 3 is 2.57 bits per heavy atom. The Labute approximate surface area is 134 Å². The van der Waals surface area contributed by atoms with E-state index >= 15 is 0 Å². The first-order valence-corrected chi connectivity index (χ1v) is 7.72. The highest BCUT2D eigenvalue weighted by Gasteiger charge is 2.14. The lowest BCUT2D eigenvalue weighted by molar-refractivity contribution is 0.0479. The molecule has 21 heavy (non-hydrogen) atoms. The second-order valence-electron chi connectivity index (χ2n) is 4.26. The minimum atomic E-state index is -0.478. The lowest BCUT2D eigenvalue weighted by Crippen LogP contribution is -2.13. The van der Waals surface area contributed by atoms with Crippen LogP contribution in [0.15, 0.2) is 34.8 Å². The summed E-state index contributed by atoms with van der Waals surface area (Å²) in [5, 5.41) is 0. The molecule has 0 spiro atoms. The number of ether oxygens (including phenoxy) is 2. The average Bonchev–Trinajstić information content (AvgIpc) is 2.91. The molecule has 0 bridgehead atoms. The van der Waals surface area contributed by atoms with Crippen molar-refractivity contribution in [1.29, 1.82) is 0 Å². The lowest BCUT2D eigenvalue weighted by Gasteiger charge is -2.06. The summed E-state index contributed by atoms with van der Waals surface area (Å²) in [5.74, 6) is -0.105. The largest absolute Gasteiger partial charge is 0.496 e. The van der Waals surface area contributed by atoms with Crippen molar-refractivity contribution in [2.75, 3.05) is 13.7 Å². The van der Waals surface area contributed by atoms with Gasteiger partial charge in [-0.1, -0.05) is 0 Å². The first-order valence-electron chi connectivity index (χ1n) is 6.11. The second kappa shape index (κ2) is 6.87. The highest BCUT2D eigenvalue weighted by Crippen LogP contribution is 2.25. The van der Waals surface area contributed by atoms with Crippen LogP contribution in [0.5, 0.6) is 5.75 Å². The maximum atomic E-state index is 12.0. The van der Waals surface area contributed by atoms with E-state index in [2.05, 4.69) is 15.9 Å². The highest BCUT2D eigenvalue weighted by molar-refractivity contribution is 9.10. The van der Waals surface area contributed by atoms with Crippen LogP contribution in [0, 0.1) is 6.92 Å². The molecule has 0 unspecified atom stereocenters. The van der Waals surface area contributed by atoms with Crippen molar-refractivity contribution in [3.63, 3.8) is 0 Å². The number of halogens is 1. The summed E-state index contributed by atoms with van der Waals surface area (Å²) in [6.45, 7) is 1.62. The maximum absolute atomic E-state index is 12.0. The summed E-state index contributed by atoms with van der Waals surface area (Å²) in [7, 11) is 1.55. The van der Waals surface area contributed by atoms with Crippen molar-refractivity contribution in [3.05, 3.63) is 50.1 Å². The lowest BCUT2D eigenvalue weighted by atomic mass is 10.1. The number of carbonyl (C=O) groups is 2. The molecule has 110 valence electrons. The summed E-state index contributed by atoms with van der Waals surface area (Å²) in [4.78, 5) is 25.3. The summed E-state index contributed by atoms with van der Waals surface area (Å²) < 4.78 is 10.8.